The van der Waals surface area contributed by atoms with Crippen LogP contribution in [0.1, 0.15) is 13.8 Å². The summed E-state index contributed by atoms with van der Waals surface area (Å²) in [6.07, 6.45) is 0. The Morgan fingerprint density at radius 1 is 1.20 bits per heavy atom. The molecule has 0 spiro atoms. The highest BCUT2D eigenvalue weighted by Crippen LogP contribution is 2.07. The molecule has 4 heteroatoms. The van der Waals surface area contributed by atoms with Crippen LogP contribution in [-0.4, -0.2) is 56.8 Å². The van der Waals surface area contributed by atoms with Crippen LogP contribution in [0.4, 0.5) is 0 Å². The Hall–Kier alpha value is 0.360. The van der Waals surface area contributed by atoms with E-state index in [0.29, 0.717) is 12.0 Å². The SMILES string of the molecule is COCCN(CC(C)CBr)C(C)COC. The topological polar surface area (TPSA) is 21.7 Å². The van der Waals surface area contributed by atoms with Gasteiger partial charge in [-0.25, -0.2) is 0 Å². The molecule has 0 aromatic rings. The number of ether oxygens (including phenoxy) is 2. The zero-order valence-corrected chi connectivity index (χ0v) is 11.9. The van der Waals surface area contributed by atoms with Crippen molar-refractivity contribution >= 4 is 15.9 Å². The first-order valence-corrected chi connectivity index (χ1v) is 6.55. The summed E-state index contributed by atoms with van der Waals surface area (Å²) in [5, 5.41) is 1.04. The Labute approximate surface area is 102 Å². The van der Waals surface area contributed by atoms with Gasteiger partial charge in [-0.15, -0.1) is 0 Å². The van der Waals surface area contributed by atoms with Crippen LogP contribution >= 0.6 is 15.9 Å². The monoisotopic (exact) mass is 281 g/mol. The van der Waals surface area contributed by atoms with Crippen LogP contribution in [-0.2, 0) is 9.47 Å². The van der Waals surface area contributed by atoms with E-state index in [4.69, 9.17) is 9.47 Å². The lowest BCUT2D eigenvalue weighted by Gasteiger charge is -2.30. The van der Waals surface area contributed by atoms with Gasteiger partial charge in [0.05, 0.1) is 13.2 Å². The highest BCUT2D eigenvalue weighted by atomic mass is 79.9. The molecule has 0 bridgehead atoms. The van der Waals surface area contributed by atoms with E-state index < -0.39 is 0 Å². The molecule has 2 unspecified atom stereocenters. The van der Waals surface area contributed by atoms with Gasteiger partial charge in [0, 0.05) is 38.7 Å². The Morgan fingerprint density at radius 2 is 1.87 bits per heavy atom. The lowest BCUT2D eigenvalue weighted by atomic mass is 10.1. The van der Waals surface area contributed by atoms with E-state index in [1.807, 2.05) is 0 Å². The Kier molecular flexibility index (Phi) is 9.81. The summed E-state index contributed by atoms with van der Waals surface area (Å²) in [5.74, 6) is 0.654. The fourth-order valence-electron chi connectivity index (χ4n) is 1.50. The first kappa shape index (κ1) is 15.4. The standard InChI is InChI=1S/C11H24BrNO2/c1-10(7-12)8-13(5-6-14-3)11(2)9-15-4/h10-11H,5-9H2,1-4H3. The van der Waals surface area contributed by atoms with Crippen LogP contribution in [0.2, 0.25) is 0 Å². The molecule has 0 radical (unpaired) electrons. The average molecular weight is 282 g/mol. The third-order valence-corrected chi connectivity index (χ3v) is 3.53. The van der Waals surface area contributed by atoms with E-state index in [0.717, 1.165) is 31.6 Å². The zero-order valence-electron chi connectivity index (χ0n) is 10.3. The van der Waals surface area contributed by atoms with Crippen LogP contribution in [0.3, 0.4) is 0 Å². The second-order valence-electron chi connectivity index (χ2n) is 4.05. The van der Waals surface area contributed by atoms with Gasteiger partial charge in [-0.05, 0) is 12.8 Å². The smallest absolute Gasteiger partial charge is 0.0615 e. The number of hydrogen-bond acceptors (Lipinski definition) is 3. The molecule has 0 saturated carbocycles. The Morgan fingerprint density at radius 3 is 2.33 bits per heavy atom. The van der Waals surface area contributed by atoms with E-state index in [1.165, 1.54) is 0 Å². The zero-order chi connectivity index (χ0) is 11.7. The molecule has 3 nitrogen and oxygen atoms in total. The van der Waals surface area contributed by atoms with Crippen molar-refractivity contribution in [1.29, 1.82) is 0 Å². The summed E-state index contributed by atoms with van der Waals surface area (Å²) in [4.78, 5) is 2.42. The summed E-state index contributed by atoms with van der Waals surface area (Å²) in [5.41, 5.74) is 0. The van der Waals surface area contributed by atoms with Crippen molar-refractivity contribution in [3.63, 3.8) is 0 Å². The Bertz CT molecular complexity index is 147. The van der Waals surface area contributed by atoms with Gasteiger partial charge in [0.15, 0.2) is 0 Å². The molecule has 0 amide bonds. The molecule has 0 heterocycles. The van der Waals surface area contributed by atoms with Gasteiger partial charge in [0.1, 0.15) is 0 Å². The summed E-state index contributed by atoms with van der Waals surface area (Å²) in [7, 11) is 3.49. The highest BCUT2D eigenvalue weighted by molar-refractivity contribution is 9.09. The largest absolute Gasteiger partial charge is 0.383 e. The molecule has 0 rings (SSSR count). The highest BCUT2D eigenvalue weighted by Gasteiger charge is 2.15. The molecule has 0 aliphatic carbocycles. The molecule has 0 aliphatic heterocycles. The van der Waals surface area contributed by atoms with Crippen molar-refractivity contribution in [2.75, 3.05) is 45.9 Å². The van der Waals surface area contributed by atoms with E-state index in [9.17, 15) is 0 Å². The summed E-state index contributed by atoms with van der Waals surface area (Å²) < 4.78 is 10.3. The maximum Gasteiger partial charge on any atom is 0.0615 e. The lowest BCUT2D eigenvalue weighted by molar-refractivity contribution is 0.0685. The first-order chi connectivity index (χ1) is 7.15. The molecule has 2 atom stereocenters. The molecule has 0 aliphatic rings. The lowest BCUT2D eigenvalue weighted by Crippen LogP contribution is -2.41. The minimum Gasteiger partial charge on any atom is -0.383 e. The van der Waals surface area contributed by atoms with Crippen LogP contribution in [0.5, 0.6) is 0 Å². The van der Waals surface area contributed by atoms with Gasteiger partial charge in [0.2, 0.25) is 0 Å². The number of halogens is 1. The average Bonchev–Trinajstić information content (AvgIpc) is 2.24. The van der Waals surface area contributed by atoms with Gasteiger partial charge in [-0.1, -0.05) is 22.9 Å². The second kappa shape index (κ2) is 9.58. The van der Waals surface area contributed by atoms with Crippen LogP contribution < -0.4 is 0 Å². The summed E-state index contributed by atoms with van der Waals surface area (Å²) in [6.45, 7) is 8.05. The fourth-order valence-corrected chi connectivity index (χ4v) is 1.70. The van der Waals surface area contributed by atoms with Gasteiger partial charge in [-0.3, -0.25) is 4.90 Å². The van der Waals surface area contributed by atoms with Crippen molar-refractivity contribution in [3.8, 4) is 0 Å². The van der Waals surface area contributed by atoms with Crippen LogP contribution in [0, 0.1) is 5.92 Å². The molecule has 0 aromatic carbocycles. The number of nitrogens with zero attached hydrogens (tertiary/aromatic N) is 1. The quantitative estimate of drug-likeness (QED) is 0.604. The third-order valence-electron chi connectivity index (χ3n) is 2.42. The van der Waals surface area contributed by atoms with Gasteiger partial charge in [-0.2, -0.15) is 0 Å². The van der Waals surface area contributed by atoms with Crippen LogP contribution in [0.25, 0.3) is 0 Å². The molecule has 0 fully saturated rings. The van der Waals surface area contributed by atoms with E-state index in [-0.39, 0.29) is 0 Å². The molecular weight excluding hydrogens is 258 g/mol. The van der Waals surface area contributed by atoms with Crippen molar-refractivity contribution in [1.82, 2.24) is 4.90 Å². The summed E-state index contributed by atoms with van der Waals surface area (Å²) in [6, 6.07) is 0.451. The molecule has 15 heavy (non-hydrogen) atoms. The van der Waals surface area contributed by atoms with E-state index >= 15 is 0 Å². The van der Waals surface area contributed by atoms with Crippen molar-refractivity contribution in [3.05, 3.63) is 0 Å². The number of methoxy groups -OCH3 is 2. The summed E-state index contributed by atoms with van der Waals surface area (Å²) >= 11 is 3.51. The number of rotatable bonds is 9. The minimum atomic E-state index is 0.451. The normalized spacial score (nSPS) is 15.6. The number of alkyl halides is 1. The molecular formula is C11H24BrNO2. The number of hydrogen-bond donors (Lipinski definition) is 0. The second-order valence-corrected chi connectivity index (χ2v) is 4.70. The predicted octanol–water partition coefficient (Wildman–Crippen LogP) is 2.00. The van der Waals surface area contributed by atoms with Gasteiger partial charge < -0.3 is 9.47 Å². The molecule has 0 saturated heterocycles. The molecule has 0 aromatic heterocycles. The maximum absolute atomic E-state index is 5.19. The predicted molar refractivity (Wildman–Crippen MR) is 67.7 cm³/mol. The van der Waals surface area contributed by atoms with Crippen molar-refractivity contribution < 1.29 is 9.47 Å². The van der Waals surface area contributed by atoms with Crippen molar-refractivity contribution in [2.24, 2.45) is 5.92 Å². The molecule has 0 N–H and O–H groups in total. The fraction of sp³-hybridized carbons (Fsp3) is 1.00. The maximum atomic E-state index is 5.19. The van der Waals surface area contributed by atoms with Gasteiger partial charge in [0.25, 0.3) is 0 Å². The molecule has 92 valence electrons. The van der Waals surface area contributed by atoms with Gasteiger partial charge >= 0.3 is 0 Å². The van der Waals surface area contributed by atoms with Crippen LogP contribution in [0.15, 0.2) is 0 Å². The first-order valence-electron chi connectivity index (χ1n) is 5.43. The van der Waals surface area contributed by atoms with Crippen molar-refractivity contribution in [2.45, 2.75) is 19.9 Å². The van der Waals surface area contributed by atoms with E-state index in [2.05, 4.69) is 34.7 Å². The minimum absolute atomic E-state index is 0.451. The van der Waals surface area contributed by atoms with E-state index in [1.54, 1.807) is 14.2 Å². The Balaban J connectivity index is 4.03. The third kappa shape index (κ3) is 7.28.